The van der Waals surface area contributed by atoms with Crippen molar-refractivity contribution < 1.29 is 5.11 Å². The number of nitrogens with one attached hydrogen (secondary N) is 1. The second kappa shape index (κ2) is 5.34. The maximum Gasteiger partial charge on any atom is 0.163 e. The topological polar surface area (TPSA) is 79.1 Å². The summed E-state index contributed by atoms with van der Waals surface area (Å²) in [5.41, 5.74) is 0.830. The molecule has 0 radical (unpaired) electrons. The molecular weight excluding hydrogens is 256 g/mol. The number of rotatable bonds is 3. The number of anilines is 1. The fraction of sp³-hybridized carbons (Fsp3) is 0.615. The number of aliphatic hydroxyl groups excluding tert-OH is 1. The maximum absolute atomic E-state index is 9.73. The summed E-state index contributed by atoms with van der Waals surface area (Å²) in [5.74, 6) is 1.57. The number of piperidine rings is 1. The lowest BCUT2D eigenvalue weighted by molar-refractivity contribution is 0.0656. The molecule has 0 saturated carbocycles. The van der Waals surface area contributed by atoms with Crippen molar-refractivity contribution in [2.45, 2.75) is 25.5 Å². The van der Waals surface area contributed by atoms with Gasteiger partial charge in [0.1, 0.15) is 11.6 Å². The molecule has 1 aliphatic heterocycles. The third-order valence-electron chi connectivity index (χ3n) is 3.72. The second-order valence-corrected chi connectivity index (χ2v) is 5.28. The minimum absolute atomic E-state index is 0.229. The van der Waals surface area contributed by atoms with Crippen LogP contribution in [-0.4, -0.2) is 56.0 Å². The molecule has 108 valence electrons. The van der Waals surface area contributed by atoms with Crippen LogP contribution in [0.3, 0.4) is 0 Å². The van der Waals surface area contributed by atoms with E-state index in [0.29, 0.717) is 13.1 Å². The molecule has 3 rings (SSSR count). The zero-order valence-electron chi connectivity index (χ0n) is 11.9. The number of hydrogen-bond donors (Lipinski definition) is 2. The van der Waals surface area contributed by atoms with Crippen LogP contribution in [0.15, 0.2) is 6.20 Å². The highest BCUT2D eigenvalue weighted by Crippen LogP contribution is 2.20. The van der Waals surface area contributed by atoms with Gasteiger partial charge >= 0.3 is 0 Å². The summed E-state index contributed by atoms with van der Waals surface area (Å²) in [6.45, 7) is 2.34. The largest absolute Gasteiger partial charge is 0.392 e. The first kappa shape index (κ1) is 13.3. The van der Waals surface area contributed by atoms with Crippen molar-refractivity contribution in [2.24, 2.45) is 7.05 Å². The lowest BCUT2D eigenvalue weighted by atomic mass is 10.1. The average molecular weight is 276 g/mol. The molecule has 2 aromatic heterocycles. The normalized spacial score (nSPS) is 20.4. The van der Waals surface area contributed by atoms with Crippen LogP contribution in [0.1, 0.15) is 18.7 Å². The number of aryl methyl sites for hydroxylation is 1. The quantitative estimate of drug-likeness (QED) is 0.843. The van der Waals surface area contributed by atoms with E-state index in [1.807, 2.05) is 14.1 Å². The Labute approximate surface area is 117 Å². The maximum atomic E-state index is 9.73. The molecule has 20 heavy (non-hydrogen) atoms. The standard InChI is InChI=1S/C13H20N6O/c1-14-12-10-6-15-18(2)13(10)17-11(16-12)8-19-5-3-4-9(20)7-19/h6,9,20H,3-5,7-8H2,1-2H3,(H,14,16,17). The van der Waals surface area contributed by atoms with Crippen molar-refractivity contribution in [1.29, 1.82) is 0 Å². The first-order valence-corrected chi connectivity index (χ1v) is 6.94. The molecule has 1 fully saturated rings. The first-order valence-electron chi connectivity index (χ1n) is 6.94. The number of nitrogens with zero attached hydrogens (tertiary/aromatic N) is 5. The van der Waals surface area contributed by atoms with Crippen LogP contribution in [-0.2, 0) is 13.6 Å². The molecule has 1 atom stereocenters. The first-order chi connectivity index (χ1) is 9.67. The molecule has 2 aromatic rings. The van der Waals surface area contributed by atoms with Gasteiger partial charge in [-0.3, -0.25) is 9.58 Å². The monoisotopic (exact) mass is 276 g/mol. The van der Waals surface area contributed by atoms with Gasteiger partial charge < -0.3 is 10.4 Å². The van der Waals surface area contributed by atoms with E-state index in [2.05, 4.69) is 25.3 Å². The van der Waals surface area contributed by atoms with Gasteiger partial charge in [-0.25, -0.2) is 9.97 Å². The van der Waals surface area contributed by atoms with Crippen LogP contribution in [0.4, 0.5) is 5.82 Å². The molecule has 3 heterocycles. The van der Waals surface area contributed by atoms with Gasteiger partial charge in [-0.1, -0.05) is 0 Å². The number of hydrogen-bond acceptors (Lipinski definition) is 6. The van der Waals surface area contributed by atoms with Crippen molar-refractivity contribution in [2.75, 3.05) is 25.5 Å². The molecule has 7 nitrogen and oxygen atoms in total. The Morgan fingerprint density at radius 3 is 3.05 bits per heavy atom. The number of aromatic nitrogens is 4. The Balaban J connectivity index is 1.89. The molecule has 0 aliphatic carbocycles. The molecule has 7 heteroatoms. The molecule has 0 bridgehead atoms. The summed E-state index contributed by atoms with van der Waals surface area (Å²) in [5, 5.41) is 18.0. The third kappa shape index (κ3) is 2.46. The number of β-amino-alcohol motifs (C(OH)–C–C–N with tert-alkyl or cyclic N) is 1. The Morgan fingerprint density at radius 1 is 1.45 bits per heavy atom. The Bertz CT molecular complexity index is 610. The summed E-state index contributed by atoms with van der Waals surface area (Å²) >= 11 is 0. The minimum atomic E-state index is -0.229. The Hall–Kier alpha value is -1.73. The zero-order valence-corrected chi connectivity index (χ0v) is 11.9. The van der Waals surface area contributed by atoms with Crippen LogP contribution in [0.2, 0.25) is 0 Å². The van der Waals surface area contributed by atoms with Crippen molar-refractivity contribution >= 4 is 16.9 Å². The second-order valence-electron chi connectivity index (χ2n) is 5.28. The third-order valence-corrected chi connectivity index (χ3v) is 3.72. The van der Waals surface area contributed by atoms with Crippen LogP contribution in [0.25, 0.3) is 11.0 Å². The SMILES string of the molecule is CNc1nc(CN2CCCC(O)C2)nc2c1cnn2C. The van der Waals surface area contributed by atoms with Crippen molar-refractivity contribution in [1.82, 2.24) is 24.6 Å². The molecule has 2 N–H and O–H groups in total. The van der Waals surface area contributed by atoms with Crippen LogP contribution >= 0.6 is 0 Å². The van der Waals surface area contributed by atoms with E-state index in [-0.39, 0.29) is 6.10 Å². The summed E-state index contributed by atoms with van der Waals surface area (Å²) in [4.78, 5) is 11.3. The predicted octanol–water partition coefficient (Wildman–Crippen LogP) is 0.362. The lowest BCUT2D eigenvalue weighted by Gasteiger charge is -2.29. The predicted molar refractivity (Wildman–Crippen MR) is 76.4 cm³/mol. The Morgan fingerprint density at radius 2 is 2.30 bits per heavy atom. The van der Waals surface area contributed by atoms with Gasteiger partial charge in [0, 0.05) is 20.6 Å². The van der Waals surface area contributed by atoms with Gasteiger partial charge in [0.15, 0.2) is 5.65 Å². The zero-order chi connectivity index (χ0) is 14.1. The molecule has 1 aliphatic rings. The van der Waals surface area contributed by atoms with Gasteiger partial charge in [-0.2, -0.15) is 5.10 Å². The summed E-state index contributed by atoms with van der Waals surface area (Å²) in [6.07, 6.45) is 3.46. The molecule has 0 amide bonds. The van der Waals surface area contributed by atoms with Gasteiger partial charge in [-0.05, 0) is 19.4 Å². The van der Waals surface area contributed by atoms with Crippen LogP contribution in [0, 0.1) is 0 Å². The molecule has 0 spiro atoms. The van der Waals surface area contributed by atoms with E-state index < -0.39 is 0 Å². The summed E-state index contributed by atoms with van der Waals surface area (Å²) < 4.78 is 1.76. The number of aliphatic hydroxyl groups is 1. The minimum Gasteiger partial charge on any atom is -0.392 e. The molecule has 1 unspecified atom stereocenters. The highest BCUT2D eigenvalue weighted by molar-refractivity contribution is 5.86. The smallest absolute Gasteiger partial charge is 0.163 e. The van der Waals surface area contributed by atoms with E-state index in [0.717, 1.165) is 42.1 Å². The van der Waals surface area contributed by atoms with Crippen LogP contribution in [0.5, 0.6) is 0 Å². The molecule has 1 saturated heterocycles. The van der Waals surface area contributed by atoms with E-state index >= 15 is 0 Å². The highest BCUT2D eigenvalue weighted by Gasteiger charge is 2.19. The summed E-state index contributed by atoms with van der Waals surface area (Å²) in [6, 6.07) is 0. The van der Waals surface area contributed by atoms with E-state index in [4.69, 9.17) is 0 Å². The van der Waals surface area contributed by atoms with E-state index in [1.54, 1.807) is 10.9 Å². The summed E-state index contributed by atoms with van der Waals surface area (Å²) in [7, 11) is 3.73. The average Bonchev–Trinajstić information content (AvgIpc) is 2.80. The highest BCUT2D eigenvalue weighted by atomic mass is 16.3. The van der Waals surface area contributed by atoms with Gasteiger partial charge in [0.05, 0.1) is 24.2 Å². The van der Waals surface area contributed by atoms with Crippen molar-refractivity contribution in [3.8, 4) is 0 Å². The van der Waals surface area contributed by atoms with Crippen molar-refractivity contribution in [3.63, 3.8) is 0 Å². The number of likely N-dealkylation sites (tertiary alicyclic amines) is 1. The molecular formula is C13H20N6O. The Kier molecular flexibility index (Phi) is 3.54. The van der Waals surface area contributed by atoms with Gasteiger partial charge in [-0.15, -0.1) is 0 Å². The van der Waals surface area contributed by atoms with E-state index in [9.17, 15) is 5.11 Å². The van der Waals surface area contributed by atoms with E-state index in [1.165, 1.54) is 0 Å². The molecule has 0 aromatic carbocycles. The van der Waals surface area contributed by atoms with Gasteiger partial charge in [0.25, 0.3) is 0 Å². The number of fused-ring (bicyclic) bond motifs is 1. The fourth-order valence-corrected chi connectivity index (χ4v) is 2.70. The fourth-order valence-electron chi connectivity index (χ4n) is 2.70. The lowest BCUT2D eigenvalue weighted by Crippen LogP contribution is -2.38. The van der Waals surface area contributed by atoms with Crippen molar-refractivity contribution in [3.05, 3.63) is 12.0 Å². The van der Waals surface area contributed by atoms with Gasteiger partial charge in [0.2, 0.25) is 0 Å². The van der Waals surface area contributed by atoms with Crippen LogP contribution < -0.4 is 5.32 Å².